The van der Waals surface area contributed by atoms with Crippen molar-refractivity contribution in [3.8, 4) is 11.6 Å². The Morgan fingerprint density at radius 2 is 1.76 bits per heavy atom. The number of aromatic nitrogens is 2. The minimum absolute atomic E-state index is 0.209. The van der Waals surface area contributed by atoms with Crippen LogP contribution in [-0.4, -0.2) is 9.97 Å². The van der Waals surface area contributed by atoms with Gasteiger partial charge in [0.05, 0.1) is 5.56 Å². The molecule has 0 aliphatic heterocycles. The van der Waals surface area contributed by atoms with Crippen LogP contribution in [0.2, 0.25) is 0 Å². The van der Waals surface area contributed by atoms with Gasteiger partial charge in [-0.3, -0.25) is 0 Å². The average molecular weight is 285 g/mol. The fourth-order valence-electron chi connectivity index (χ4n) is 2.23. The first-order chi connectivity index (χ1) is 10.0. The molecule has 4 nitrogen and oxygen atoms in total. The molecule has 0 fully saturated rings. The monoisotopic (exact) mass is 285 g/mol. The van der Waals surface area contributed by atoms with Crippen LogP contribution < -0.4 is 10.5 Å². The molecule has 0 aliphatic carbocycles. The maximum atomic E-state index is 5.93. The van der Waals surface area contributed by atoms with Gasteiger partial charge in [0.25, 0.3) is 0 Å². The van der Waals surface area contributed by atoms with E-state index in [1.165, 1.54) is 11.9 Å². The van der Waals surface area contributed by atoms with Crippen LogP contribution in [0.15, 0.2) is 30.6 Å². The Hall–Kier alpha value is -2.10. The highest BCUT2D eigenvalue weighted by molar-refractivity contribution is 5.48. The zero-order valence-corrected chi connectivity index (χ0v) is 13.1. The molecule has 1 heterocycles. The maximum absolute atomic E-state index is 5.93. The van der Waals surface area contributed by atoms with Crippen LogP contribution in [0.25, 0.3) is 0 Å². The van der Waals surface area contributed by atoms with Crippen LogP contribution in [0.3, 0.4) is 0 Å². The van der Waals surface area contributed by atoms with Crippen molar-refractivity contribution in [3.05, 3.63) is 41.7 Å². The highest BCUT2D eigenvalue weighted by Gasteiger charge is 2.15. The van der Waals surface area contributed by atoms with Gasteiger partial charge in [-0.15, -0.1) is 0 Å². The van der Waals surface area contributed by atoms with Gasteiger partial charge >= 0.3 is 0 Å². The molecule has 0 radical (unpaired) electrons. The van der Waals surface area contributed by atoms with Crippen molar-refractivity contribution in [3.63, 3.8) is 0 Å². The number of nitrogen functional groups attached to an aromatic ring is 1. The minimum atomic E-state index is 0.209. The molecule has 0 aliphatic rings. The standard InChI is InChI=1S/C17H23N3O/c1-5-12(4)13-6-8-14(9-7-13)21-17-15(11(2)3)16(18)19-10-20-17/h6-12H,5H2,1-4H3,(H2,18,19,20). The molecule has 2 aromatic rings. The Kier molecular flexibility index (Phi) is 4.78. The van der Waals surface area contributed by atoms with E-state index in [1.807, 2.05) is 26.0 Å². The molecule has 1 aromatic carbocycles. The first kappa shape index (κ1) is 15.3. The molecule has 21 heavy (non-hydrogen) atoms. The van der Waals surface area contributed by atoms with E-state index in [1.54, 1.807) is 0 Å². The number of nitrogens with zero attached hydrogens (tertiary/aromatic N) is 2. The fourth-order valence-corrected chi connectivity index (χ4v) is 2.23. The predicted molar refractivity (Wildman–Crippen MR) is 85.8 cm³/mol. The van der Waals surface area contributed by atoms with Crippen molar-refractivity contribution >= 4 is 5.82 Å². The van der Waals surface area contributed by atoms with Crippen molar-refractivity contribution in [2.45, 2.75) is 46.0 Å². The summed E-state index contributed by atoms with van der Waals surface area (Å²) >= 11 is 0. The van der Waals surface area contributed by atoms with Crippen LogP contribution in [0, 0.1) is 0 Å². The SMILES string of the molecule is CCC(C)c1ccc(Oc2ncnc(N)c2C(C)C)cc1. The van der Waals surface area contributed by atoms with Crippen LogP contribution in [-0.2, 0) is 0 Å². The molecule has 112 valence electrons. The highest BCUT2D eigenvalue weighted by Crippen LogP contribution is 2.32. The molecule has 0 bridgehead atoms. The van der Waals surface area contributed by atoms with E-state index >= 15 is 0 Å². The minimum Gasteiger partial charge on any atom is -0.439 e. The van der Waals surface area contributed by atoms with E-state index < -0.39 is 0 Å². The van der Waals surface area contributed by atoms with E-state index in [4.69, 9.17) is 10.5 Å². The number of rotatable bonds is 5. The number of nitrogens with two attached hydrogens (primary N) is 1. The first-order valence-corrected chi connectivity index (χ1v) is 7.41. The van der Waals surface area contributed by atoms with Gasteiger partial charge in [-0.1, -0.05) is 39.8 Å². The largest absolute Gasteiger partial charge is 0.439 e. The first-order valence-electron chi connectivity index (χ1n) is 7.41. The number of hydrogen-bond donors (Lipinski definition) is 1. The Balaban J connectivity index is 2.25. The van der Waals surface area contributed by atoms with E-state index in [0.717, 1.165) is 17.7 Å². The van der Waals surface area contributed by atoms with Gasteiger partial charge in [-0.05, 0) is 36.0 Å². The Labute approximate surface area is 126 Å². The molecule has 1 unspecified atom stereocenters. The third-order valence-corrected chi connectivity index (χ3v) is 3.73. The summed E-state index contributed by atoms with van der Waals surface area (Å²) in [6.45, 7) is 8.51. The number of hydrogen-bond acceptors (Lipinski definition) is 4. The number of ether oxygens (including phenoxy) is 1. The second-order valence-corrected chi connectivity index (χ2v) is 5.61. The third kappa shape index (κ3) is 3.51. The molecule has 4 heteroatoms. The normalized spacial score (nSPS) is 12.4. The van der Waals surface area contributed by atoms with Gasteiger partial charge in [0.15, 0.2) is 0 Å². The van der Waals surface area contributed by atoms with Crippen molar-refractivity contribution < 1.29 is 4.74 Å². The lowest BCUT2D eigenvalue weighted by atomic mass is 9.99. The van der Waals surface area contributed by atoms with Crippen molar-refractivity contribution in [1.29, 1.82) is 0 Å². The summed E-state index contributed by atoms with van der Waals surface area (Å²) in [5.74, 6) is 2.54. The van der Waals surface area contributed by atoms with Crippen LogP contribution in [0.1, 0.15) is 57.1 Å². The zero-order chi connectivity index (χ0) is 15.4. The molecular weight excluding hydrogens is 262 g/mol. The summed E-state index contributed by atoms with van der Waals surface area (Å²) in [7, 11) is 0. The maximum Gasteiger partial charge on any atom is 0.227 e. The molecule has 0 spiro atoms. The van der Waals surface area contributed by atoms with Crippen molar-refractivity contribution in [1.82, 2.24) is 9.97 Å². The topological polar surface area (TPSA) is 61.0 Å². The summed E-state index contributed by atoms with van der Waals surface area (Å²) in [6.07, 6.45) is 2.56. The van der Waals surface area contributed by atoms with E-state index in [-0.39, 0.29) is 5.92 Å². The summed E-state index contributed by atoms with van der Waals surface area (Å²) < 4.78 is 5.89. The van der Waals surface area contributed by atoms with Crippen LogP contribution >= 0.6 is 0 Å². The van der Waals surface area contributed by atoms with Crippen molar-refractivity contribution in [2.24, 2.45) is 0 Å². The molecule has 2 N–H and O–H groups in total. The number of benzene rings is 1. The van der Waals surface area contributed by atoms with E-state index in [9.17, 15) is 0 Å². The van der Waals surface area contributed by atoms with E-state index in [2.05, 4.69) is 35.9 Å². The van der Waals surface area contributed by atoms with Gasteiger partial charge in [-0.2, -0.15) is 0 Å². The van der Waals surface area contributed by atoms with Gasteiger partial charge in [0.1, 0.15) is 17.9 Å². The molecule has 0 saturated carbocycles. The van der Waals surface area contributed by atoms with Crippen LogP contribution in [0.5, 0.6) is 11.6 Å². The fraction of sp³-hybridized carbons (Fsp3) is 0.412. The lowest BCUT2D eigenvalue weighted by molar-refractivity contribution is 0.451. The van der Waals surface area contributed by atoms with Gasteiger partial charge in [0.2, 0.25) is 5.88 Å². The Bertz CT molecular complexity index is 593. The molecule has 0 saturated heterocycles. The molecule has 2 rings (SSSR count). The Morgan fingerprint density at radius 1 is 1.10 bits per heavy atom. The van der Waals surface area contributed by atoms with Gasteiger partial charge in [-0.25, -0.2) is 9.97 Å². The molecule has 0 amide bonds. The lowest BCUT2D eigenvalue weighted by Gasteiger charge is -2.14. The second-order valence-electron chi connectivity index (χ2n) is 5.61. The summed E-state index contributed by atoms with van der Waals surface area (Å²) in [5.41, 5.74) is 8.09. The highest BCUT2D eigenvalue weighted by atomic mass is 16.5. The lowest BCUT2D eigenvalue weighted by Crippen LogP contribution is -2.04. The van der Waals surface area contributed by atoms with Crippen molar-refractivity contribution in [2.75, 3.05) is 5.73 Å². The van der Waals surface area contributed by atoms with Gasteiger partial charge in [0, 0.05) is 0 Å². The molecule has 1 aromatic heterocycles. The average Bonchev–Trinajstić information content (AvgIpc) is 2.47. The molecular formula is C17H23N3O. The summed E-state index contributed by atoms with van der Waals surface area (Å²) in [6, 6.07) is 8.15. The predicted octanol–water partition coefficient (Wildman–Crippen LogP) is 4.49. The van der Waals surface area contributed by atoms with Crippen LogP contribution in [0.4, 0.5) is 5.82 Å². The third-order valence-electron chi connectivity index (χ3n) is 3.73. The molecule has 1 atom stereocenters. The Morgan fingerprint density at radius 3 is 2.33 bits per heavy atom. The second kappa shape index (κ2) is 6.57. The number of anilines is 1. The quantitative estimate of drug-likeness (QED) is 0.879. The van der Waals surface area contributed by atoms with E-state index in [0.29, 0.717) is 17.6 Å². The summed E-state index contributed by atoms with van der Waals surface area (Å²) in [5, 5.41) is 0. The smallest absolute Gasteiger partial charge is 0.227 e. The zero-order valence-electron chi connectivity index (χ0n) is 13.1. The summed E-state index contributed by atoms with van der Waals surface area (Å²) in [4.78, 5) is 8.25. The van der Waals surface area contributed by atoms with Gasteiger partial charge < -0.3 is 10.5 Å².